The Kier molecular flexibility index (Phi) is 5.63. The van der Waals surface area contributed by atoms with Crippen molar-refractivity contribution in [3.05, 3.63) is 67.9 Å². The average Bonchev–Trinajstić information content (AvgIpc) is 2.99. The molecule has 0 saturated heterocycles. The lowest BCUT2D eigenvalue weighted by Gasteiger charge is -2.12. The first-order valence-electron chi connectivity index (χ1n) is 7.15. The zero-order chi connectivity index (χ0) is 17.8. The van der Waals surface area contributed by atoms with Crippen molar-refractivity contribution in [1.82, 2.24) is 10.2 Å². The molecule has 0 saturated carbocycles. The lowest BCUT2D eigenvalue weighted by atomic mass is 10.2. The average molecular weight is 441 g/mol. The van der Waals surface area contributed by atoms with Gasteiger partial charge in [0.1, 0.15) is 6.61 Å². The zero-order valence-corrected chi connectivity index (χ0v) is 15.8. The van der Waals surface area contributed by atoms with Crippen molar-refractivity contribution in [2.75, 3.05) is 5.73 Å². The van der Waals surface area contributed by atoms with Crippen LogP contribution in [-0.4, -0.2) is 10.2 Å². The second kappa shape index (κ2) is 7.91. The van der Waals surface area contributed by atoms with Crippen LogP contribution in [0.3, 0.4) is 0 Å². The first-order chi connectivity index (χ1) is 12.0. The molecule has 0 bridgehead atoms. The highest BCUT2D eigenvalue weighted by Gasteiger charge is 2.10. The van der Waals surface area contributed by atoms with Crippen LogP contribution in [0.2, 0.25) is 10.0 Å². The van der Waals surface area contributed by atoms with E-state index in [4.69, 9.17) is 38.1 Å². The Morgan fingerprint density at radius 2 is 1.92 bits per heavy atom. The quantitative estimate of drug-likeness (QED) is 0.569. The van der Waals surface area contributed by atoms with E-state index in [0.29, 0.717) is 28.3 Å². The standard InChI is InChI=1S/C17H12BrCl2N3O2/c18-12-7-10(5-6-15-22-23-17(21)25-15)8-14(20)16(12)24-9-11-3-1-2-4-13(11)19/h1-8H,9H2,(H2,21,23)/b6-5+. The Hall–Kier alpha value is -2.02. The molecular weight excluding hydrogens is 429 g/mol. The summed E-state index contributed by atoms with van der Waals surface area (Å²) in [6.45, 7) is 0.314. The molecule has 128 valence electrons. The van der Waals surface area contributed by atoms with Crippen LogP contribution in [0.1, 0.15) is 17.0 Å². The molecule has 0 amide bonds. The monoisotopic (exact) mass is 439 g/mol. The van der Waals surface area contributed by atoms with Gasteiger partial charge in [-0.25, -0.2) is 0 Å². The number of benzene rings is 2. The molecule has 0 spiro atoms. The lowest BCUT2D eigenvalue weighted by Crippen LogP contribution is -1.97. The first kappa shape index (κ1) is 17.8. The van der Waals surface area contributed by atoms with Crippen LogP contribution in [0.5, 0.6) is 5.75 Å². The highest BCUT2D eigenvalue weighted by atomic mass is 79.9. The van der Waals surface area contributed by atoms with E-state index in [1.807, 2.05) is 30.3 Å². The van der Waals surface area contributed by atoms with Crippen molar-refractivity contribution < 1.29 is 9.15 Å². The molecule has 0 aliphatic rings. The maximum atomic E-state index is 6.33. The second-order valence-electron chi connectivity index (χ2n) is 5.01. The van der Waals surface area contributed by atoms with Crippen molar-refractivity contribution in [2.45, 2.75) is 6.61 Å². The molecule has 25 heavy (non-hydrogen) atoms. The molecule has 2 N–H and O–H groups in total. The summed E-state index contributed by atoms with van der Waals surface area (Å²) >= 11 is 15.9. The third-order valence-electron chi connectivity index (χ3n) is 3.23. The van der Waals surface area contributed by atoms with E-state index in [2.05, 4.69) is 26.1 Å². The minimum absolute atomic E-state index is 0.0159. The van der Waals surface area contributed by atoms with Gasteiger partial charge >= 0.3 is 6.01 Å². The Labute approximate surface area is 162 Å². The molecule has 2 aromatic carbocycles. The number of halogens is 3. The molecule has 1 heterocycles. The fourth-order valence-corrected chi connectivity index (χ4v) is 3.24. The molecule has 3 aromatic rings. The fraction of sp³-hybridized carbons (Fsp3) is 0.0588. The summed E-state index contributed by atoms with van der Waals surface area (Å²) in [6.07, 6.45) is 3.42. The third kappa shape index (κ3) is 4.54. The van der Waals surface area contributed by atoms with Crippen molar-refractivity contribution >= 4 is 57.3 Å². The van der Waals surface area contributed by atoms with Gasteiger partial charge in [0.2, 0.25) is 5.89 Å². The molecule has 8 heteroatoms. The SMILES string of the molecule is Nc1nnc(/C=C/c2cc(Cl)c(OCc3ccccc3Cl)c(Br)c2)o1. The van der Waals surface area contributed by atoms with Crippen molar-refractivity contribution in [1.29, 1.82) is 0 Å². The van der Waals surface area contributed by atoms with Crippen LogP contribution < -0.4 is 10.5 Å². The molecule has 0 unspecified atom stereocenters. The number of nitrogens with zero attached hydrogens (tertiary/aromatic N) is 2. The second-order valence-corrected chi connectivity index (χ2v) is 6.67. The summed E-state index contributed by atoms with van der Waals surface area (Å²) in [5.74, 6) is 0.851. The van der Waals surface area contributed by atoms with E-state index in [1.165, 1.54) is 0 Å². The van der Waals surface area contributed by atoms with Gasteiger partial charge in [0.15, 0.2) is 5.75 Å². The first-order valence-corrected chi connectivity index (χ1v) is 8.70. The fourth-order valence-electron chi connectivity index (χ4n) is 2.06. The van der Waals surface area contributed by atoms with Crippen LogP contribution in [0.4, 0.5) is 6.01 Å². The van der Waals surface area contributed by atoms with Gasteiger partial charge in [-0.1, -0.05) is 46.5 Å². The van der Waals surface area contributed by atoms with Crippen LogP contribution in [0, 0.1) is 0 Å². The van der Waals surface area contributed by atoms with Crippen molar-refractivity contribution in [3.8, 4) is 5.75 Å². The van der Waals surface area contributed by atoms with Gasteiger partial charge in [0, 0.05) is 16.7 Å². The van der Waals surface area contributed by atoms with Crippen LogP contribution in [0.15, 0.2) is 45.3 Å². The van der Waals surface area contributed by atoms with Crippen LogP contribution in [0.25, 0.3) is 12.2 Å². The number of ether oxygens (including phenoxy) is 1. The number of anilines is 1. The normalized spacial score (nSPS) is 11.2. The topological polar surface area (TPSA) is 74.2 Å². The molecule has 1 aromatic heterocycles. The summed E-state index contributed by atoms with van der Waals surface area (Å²) in [4.78, 5) is 0. The van der Waals surface area contributed by atoms with E-state index >= 15 is 0 Å². The van der Waals surface area contributed by atoms with Gasteiger partial charge < -0.3 is 14.9 Å². The number of hydrogen-bond donors (Lipinski definition) is 1. The Morgan fingerprint density at radius 3 is 2.60 bits per heavy atom. The summed E-state index contributed by atoms with van der Waals surface area (Å²) in [5, 5.41) is 8.45. The van der Waals surface area contributed by atoms with Gasteiger partial charge in [-0.3, -0.25) is 0 Å². The van der Waals surface area contributed by atoms with E-state index in [9.17, 15) is 0 Å². The van der Waals surface area contributed by atoms with Gasteiger partial charge in [-0.2, -0.15) is 0 Å². The maximum absolute atomic E-state index is 6.33. The predicted octanol–water partition coefficient (Wildman–Crippen LogP) is 5.47. The Bertz CT molecular complexity index is 905. The highest BCUT2D eigenvalue weighted by Crippen LogP contribution is 2.36. The number of hydrogen-bond acceptors (Lipinski definition) is 5. The molecule has 0 fully saturated rings. The van der Waals surface area contributed by atoms with Crippen LogP contribution >= 0.6 is 39.1 Å². The maximum Gasteiger partial charge on any atom is 0.313 e. The summed E-state index contributed by atoms with van der Waals surface area (Å²) in [6, 6.07) is 11.1. The summed E-state index contributed by atoms with van der Waals surface area (Å²) < 4.78 is 11.6. The Balaban J connectivity index is 1.76. The van der Waals surface area contributed by atoms with Gasteiger partial charge in [0.05, 0.1) is 9.50 Å². The van der Waals surface area contributed by atoms with E-state index < -0.39 is 0 Å². The van der Waals surface area contributed by atoms with E-state index in [0.717, 1.165) is 15.6 Å². The van der Waals surface area contributed by atoms with Gasteiger partial charge in [-0.15, -0.1) is 5.10 Å². The Morgan fingerprint density at radius 1 is 1.12 bits per heavy atom. The molecule has 3 rings (SSSR count). The number of aromatic nitrogens is 2. The van der Waals surface area contributed by atoms with Crippen LogP contribution in [-0.2, 0) is 6.61 Å². The molecule has 0 radical (unpaired) electrons. The minimum atomic E-state index is 0.0159. The minimum Gasteiger partial charge on any atom is -0.486 e. The van der Waals surface area contributed by atoms with E-state index in [1.54, 1.807) is 18.2 Å². The highest BCUT2D eigenvalue weighted by molar-refractivity contribution is 9.10. The predicted molar refractivity (Wildman–Crippen MR) is 103 cm³/mol. The molecule has 5 nitrogen and oxygen atoms in total. The van der Waals surface area contributed by atoms with Gasteiger partial charge in [-0.05, 0) is 45.8 Å². The smallest absolute Gasteiger partial charge is 0.313 e. The zero-order valence-electron chi connectivity index (χ0n) is 12.7. The molecule has 0 aliphatic heterocycles. The number of nitrogens with two attached hydrogens (primary N) is 1. The molecular formula is C17H12BrCl2N3O2. The van der Waals surface area contributed by atoms with Gasteiger partial charge in [0.25, 0.3) is 0 Å². The largest absolute Gasteiger partial charge is 0.486 e. The summed E-state index contributed by atoms with van der Waals surface area (Å²) in [7, 11) is 0. The number of nitrogen functional groups attached to an aromatic ring is 1. The molecule has 0 atom stereocenters. The summed E-state index contributed by atoms with van der Waals surface area (Å²) in [5.41, 5.74) is 7.09. The number of rotatable bonds is 5. The van der Waals surface area contributed by atoms with Crippen molar-refractivity contribution in [2.24, 2.45) is 0 Å². The molecule has 0 aliphatic carbocycles. The van der Waals surface area contributed by atoms with Crippen molar-refractivity contribution in [3.63, 3.8) is 0 Å². The lowest BCUT2D eigenvalue weighted by molar-refractivity contribution is 0.304. The third-order valence-corrected chi connectivity index (χ3v) is 4.46. The van der Waals surface area contributed by atoms with E-state index in [-0.39, 0.29) is 6.01 Å².